The first-order chi connectivity index (χ1) is 14.4. The summed E-state index contributed by atoms with van der Waals surface area (Å²) in [7, 11) is -3.64. The lowest BCUT2D eigenvalue weighted by Gasteiger charge is -2.10. The number of amides is 1. The maximum absolute atomic E-state index is 12.7. The minimum Gasteiger partial charge on any atom is -0.322 e. The molecule has 0 radical (unpaired) electrons. The Morgan fingerprint density at radius 3 is 2.67 bits per heavy atom. The van der Waals surface area contributed by atoms with Gasteiger partial charge in [-0.1, -0.05) is 18.2 Å². The Balaban J connectivity index is 1.51. The van der Waals surface area contributed by atoms with E-state index in [1.54, 1.807) is 30.5 Å². The summed E-state index contributed by atoms with van der Waals surface area (Å²) < 4.78 is 27.6. The first kappa shape index (κ1) is 20.2. The molecule has 1 aromatic heterocycles. The maximum atomic E-state index is 12.7. The summed E-state index contributed by atoms with van der Waals surface area (Å²) in [4.78, 5) is 21.3. The predicted octanol–water partition coefficient (Wildman–Crippen LogP) is 3.39. The average molecular weight is 423 g/mol. The fourth-order valence-electron chi connectivity index (χ4n) is 3.01. The van der Waals surface area contributed by atoms with Crippen LogP contribution in [0.1, 0.15) is 29.0 Å². The minimum atomic E-state index is -3.64. The summed E-state index contributed by atoms with van der Waals surface area (Å²) in [6.45, 7) is 2.25. The van der Waals surface area contributed by atoms with Gasteiger partial charge in [0.25, 0.3) is 5.91 Å². The van der Waals surface area contributed by atoms with Gasteiger partial charge in [-0.05, 0) is 62.1 Å². The molecule has 1 heterocycles. The normalized spacial score (nSPS) is 13.8. The van der Waals surface area contributed by atoms with E-state index >= 15 is 0 Å². The van der Waals surface area contributed by atoms with Crippen LogP contribution in [-0.2, 0) is 10.0 Å². The molecule has 1 amide bonds. The zero-order chi connectivity index (χ0) is 21.1. The van der Waals surface area contributed by atoms with Crippen LogP contribution in [0.4, 0.5) is 5.69 Å². The van der Waals surface area contributed by atoms with Crippen molar-refractivity contribution >= 4 is 21.6 Å². The Morgan fingerprint density at radius 1 is 1.10 bits per heavy atom. The number of sulfonamides is 1. The number of aromatic nitrogens is 2. The molecule has 2 N–H and O–H groups in total. The van der Waals surface area contributed by atoms with Crippen LogP contribution in [0.25, 0.3) is 11.3 Å². The first-order valence-electron chi connectivity index (χ1n) is 9.72. The number of anilines is 1. The van der Waals surface area contributed by atoms with Crippen molar-refractivity contribution in [1.29, 1.82) is 0 Å². The fraction of sp³-hybridized carbons (Fsp3) is 0.227. The van der Waals surface area contributed by atoms with Crippen molar-refractivity contribution in [2.45, 2.75) is 24.7 Å². The Morgan fingerprint density at radius 2 is 1.90 bits per heavy atom. The van der Waals surface area contributed by atoms with E-state index in [0.717, 1.165) is 24.1 Å². The van der Waals surface area contributed by atoms with Crippen LogP contribution in [0.5, 0.6) is 0 Å². The molecule has 0 atom stereocenters. The second-order valence-electron chi connectivity index (χ2n) is 7.35. The van der Waals surface area contributed by atoms with Gasteiger partial charge in [0, 0.05) is 29.6 Å². The van der Waals surface area contributed by atoms with E-state index in [2.05, 4.69) is 20.0 Å². The highest BCUT2D eigenvalue weighted by molar-refractivity contribution is 7.89. The smallest absolute Gasteiger partial charge is 0.255 e. The van der Waals surface area contributed by atoms with E-state index in [-0.39, 0.29) is 16.4 Å². The summed E-state index contributed by atoms with van der Waals surface area (Å²) >= 11 is 0. The molecule has 0 spiro atoms. The van der Waals surface area contributed by atoms with Crippen LogP contribution in [-0.4, -0.2) is 30.8 Å². The third-order valence-corrected chi connectivity index (χ3v) is 6.28. The molecule has 0 saturated heterocycles. The SMILES string of the molecule is Cc1nccc(-c2cccc(NC(=O)c3cccc(S(=O)(=O)NCC4CC4)c3)c2)n1. The van der Waals surface area contributed by atoms with Gasteiger partial charge in [0.05, 0.1) is 10.6 Å². The standard InChI is InChI=1S/C22H22N4O3S/c1-15-23-11-10-21(25-15)17-4-2-6-19(12-17)26-22(27)18-5-3-7-20(13-18)30(28,29)24-14-16-8-9-16/h2-7,10-13,16,24H,8-9,14H2,1H3,(H,26,27). The van der Waals surface area contributed by atoms with Crippen molar-refractivity contribution in [3.63, 3.8) is 0 Å². The molecule has 8 heteroatoms. The number of nitrogens with one attached hydrogen (secondary N) is 2. The van der Waals surface area contributed by atoms with Crippen LogP contribution < -0.4 is 10.0 Å². The average Bonchev–Trinajstić information content (AvgIpc) is 3.57. The zero-order valence-electron chi connectivity index (χ0n) is 16.5. The molecule has 154 valence electrons. The highest BCUT2D eigenvalue weighted by Gasteiger charge is 2.24. The lowest BCUT2D eigenvalue weighted by molar-refractivity contribution is 0.102. The molecule has 1 aliphatic carbocycles. The van der Waals surface area contributed by atoms with Crippen molar-refractivity contribution in [1.82, 2.24) is 14.7 Å². The summed E-state index contributed by atoms with van der Waals surface area (Å²) in [5.41, 5.74) is 2.47. The summed E-state index contributed by atoms with van der Waals surface area (Å²) in [6.07, 6.45) is 3.79. The Hall–Kier alpha value is -3.10. The first-order valence-corrected chi connectivity index (χ1v) is 11.2. The van der Waals surface area contributed by atoms with Crippen molar-refractivity contribution < 1.29 is 13.2 Å². The number of hydrogen-bond acceptors (Lipinski definition) is 5. The lowest BCUT2D eigenvalue weighted by Crippen LogP contribution is -2.26. The van der Waals surface area contributed by atoms with Crippen LogP contribution >= 0.6 is 0 Å². The number of carbonyl (C=O) groups excluding carboxylic acids is 1. The molecule has 1 fully saturated rings. The van der Waals surface area contributed by atoms with Gasteiger partial charge < -0.3 is 5.32 Å². The second-order valence-corrected chi connectivity index (χ2v) is 9.11. The monoisotopic (exact) mass is 422 g/mol. The van der Waals surface area contributed by atoms with Crippen molar-refractivity contribution in [3.05, 3.63) is 72.2 Å². The lowest BCUT2D eigenvalue weighted by atomic mass is 10.1. The number of nitrogens with zero attached hydrogens (tertiary/aromatic N) is 2. The van der Waals surface area contributed by atoms with Crippen LogP contribution in [0.15, 0.2) is 65.7 Å². The van der Waals surface area contributed by atoms with Gasteiger partial charge in [0.1, 0.15) is 5.82 Å². The Labute approximate surface area is 175 Å². The molecule has 0 bridgehead atoms. The number of rotatable bonds is 7. The summed E-state index contributed by atoms with van der Waals surface area (Å²) in [5.74, 6) is 0.706. The molecule has 0 unspecified atom stereocenters. The van der Waals surface area contributed by atoms with Gasteiger partial charge >= 0.3 is 0 Å². The van der Waals surface area contributed by atoms with Gasteiger partial charge in [-0.15, -0.1) is 0 Å². The third-order valence-electron chi connectivity index (χ3n) is 4.86. The number of carbonyl (C=O) groups is 1. The zero-order valence-corrected chi connectivity index (χ0v) is 17.3. The largest absolute Gasteiger partial charge is 0.322 e. The molecular formula is C22H22N4O3S. The Kier molecular flexibility index (Phi) is 5.61. The maximum Gasteiger partial charge on any atom is 0.255 e. The van der Waals surface area contributed by atoms with Crippen LogP contribution in [0.3, 0.4) is 0 Å². The van der Waals surface area contributed by atoms with Gasteiger partial charge in [0.15, 0.2) is 0 Å². The molecule has 1 aliphatic rings. The van der Waals surface area contributed by atoms with Gasteiger partial charge in [-0.25, -0.2) is 23.1 Å². The van der Waals surface area contributed by atoms with E-state index < -0.39 is 10.0 Å². The van der Waals surface area contributed by atoms with Gasteiger partial charge in [-0.2, -0.15) is 0 Å². The Bertz CT molecular complexity index is 1190. The van der Waals surface area contributed by atoms with E-state index in [1.165, 1.54) is 12.1 Å². The van der Waals surface area contributed by atoms with Crippen LogP contribution in [0, 0.1) is 12.8 Å². The van der Waals surface area contributed by atoms with E-state index in [4.69, 9.17) is 0 Å². The van der Waals surface area contributed by atoms with Gasteiger partial charge in [0.2, 0.25) is 10.0 Å². The molecule has 7 nitrogen and oxygen atoms in total. The molecule has 0 aliphatic heterocycles. The topological polar surface area (TPSA) is 101 Å². The fourth-order valence-corrected chi connectivity index (χ4v) is 4.18. The summed E-state index contributed by atoms with van der Waals surface area (Å²) in [5, 5.41) is 2.82. The van der Waals surface area contributed by atoms with Crippen LogP contribution in [0.2, 0.25) is 0 Å². The number of hydrogen-bond donors (Lipinski definition) is 2. The van der Waals surface area contributed by atoms with Crippen molar-refractivity contribution in [2.75, 3.05) is 11.9 Å². The highest BCUT2D eigenvalue weighted by atomic mass is 32.2. The molecule has 3 aromatic rings. The minimum absolute atomic E-state index is 0.0843. The number of benzene rings is 2. The third kappa shape index (κ3) is 4.90. The second kappa shape index (κ2) is 8.33. The molecule has 30 heavy (non-hydrogen) atoms. The molecule has 1 saturated carbocycles. The highest BCUT2D eigenvalue weighted by Crippen LogP contribution is 2.28. The van der Waals surface area contributed by atoms with E-state index in [1.807, 2.05) is 25.1 Å². The molecule has 4 rings (SSSR count). The summed E-state index contributed by atoms with van der Waals surface area (Å²) in [6, 6.07) is 15.2. The molecule has 2 aromatic carbocycles. The number of aryl methyl sites for hydroxylation is 1. The molecular weight excluding hydrogens is 400 g/mol. The van der Waals surface area contributed by atoms with Crippen molar-refractivity contribution in [2.24, 2.45) is 5.92 Å². The quantitative estimate of drug-likeness (QED) is 0.608. The van der Waals surface area contributed by atoms with E-state index in [0.29, 0.717) is 24.0 Å². The van der Waals surface area contributed by atoms with Gasteiger partial charge in [-0.3, -0.25) is 4.79 Å². The predicted molar refractivity (Wildman–Crippen MR) is 115 cm³/mol. The van der Waals surface area contributed by atoms with Crippen molar-refractivity contribution in [3.8, 4) is 11.3 Å². The van der Waals surface area contributed by atoms with E-state index in [9.17, 15) is 13.2 Å².